The average molecular weight is 408 g/mol. The predicted octanol–water partition coefficient (Wildman–Crippen LogP) is 3.95. The third kappa shape index (κ3) is 3.42. The van der Waals surface area contributed by atoms with Crippen LogP contribution in [0.4, 0.5) is 0 Å². The van der Waals surface area contributed by atoms with Crippen molar-refractivity contribution in [1.82, 2.24) is 10.2 Å². The average Bonchev–Trinajstić information content (AvgIpc) is 3.18. The molecule has 0 aliphatic carbocycles. The highest BCUT2D eigenvalue weighted by Crippen LogP contribution is 2.30. The summed E-state index contributed by atoms with van der Waals surface area (Å²) in [5.41, 5.74) is 2.44. The normalized spacial score (nSPS) is 13.0. The van der Waals surface area contributed by atoms with Crippen molar-refractivity contribution in [2.45, 2.75) is 24.5 Å². The van der Waals surface area contributed by atoms with Gasteiger partial charge >= 0.3 is 5.97 Å². The van der Waals surface area contributed by atoms with Gasteiger partial charge in [-0.3, -0.25) is 9.59 Å². The van der Waals surface area contributed by atoms with Gasteiger partial charge in [0.2, 0.25) is 0 Å². The van der Waals surface area contributed by atoms with Crippen molar-refractivity contribution in [2.75, 3.05) is 0 Å². The van der Waals surface area contributed by atoms with E-state index >= 15 is 0 Å². The molecular weight excluding hydrogens is 392 g/mol. The molecule has 0 fully saturated rings. The first-order valence-corrected chi connectivity index (χ1v) is 9.79. The van der Waals surface area contributed by atoms with E-state index in [1.807, 2.05) is 13.8 Å². The van der Waals surface area contributed by atoms with Crippen molar-refractivity contribution in [2.24, 2.45) is 0 Å². The molecule has 1 aliphatic heterocycles. The third-order valence-corrected chi connectivity index (χ3v) is 5.69. The second-order valence-corrected chi connectivity index (χ2v) is 7.43. The standard InChI is InChI=1S/C21H16N2O5S/c1-12-17(13(2)27-22-12)11-29-18-10-6-5-9-16(18)21(26)28-23-19(24)14-7-3-4-8-15(14)20(23)25/h3-10H,11H2,1-2H3. The highest BCUT2D eigenvalue weighted by Gasteiger charge is 2.39. The Balaban J connectivity index is 1.53. The number of hydroxylamine groups is 2. The van der Waals surface area contributed by atoms with Gasteiger partial charge < -0.3 is 9.36 Å². The Morgan fingerprint density at radius 2 is 1.66 bits per heavy atom. The van der Waals surface area contributed by atoms with Crippen LogP contribution < -0.4 is 0 Å². The van der Waals surface area contributed by atoms with E-state index in [1.165, 1.54) is 23.9 Å². The molecule has 0 radical (unpaired) electrons. The quantitative estimate of drug-likeness (QED) is 0.466. The zero-order chi connectivity index (χ0) is 20.5. The smallest absolute Gasteiger partial charge is 0.361 e. The Labute approximate surface area is 170 Å². The molecule has 3 aromatic rings. The van der Waals surface area contributed by atoms with Crippen molar-refractivity contribution in [3.63, 3.8) is 0 Å². The SMILES string of the molecule is Cc1noc(C)c1CSc1ccccc1C(=O)ON1C(=O)c2ccccc2C1=O. The number of amides is 2. The second-order valence-electron chi connectivity index (χ2n) is 6.42. The third-order valence-electron chi connectivity index (χ3n) is 4.59. The van der Waals surface area contributed by atoms with Gasteiger partial charge in [0.1, 0.15) is 5.76 Å². The van der Waals surface area contributed by atoms with Crippen LogP contribution in [-0.2, 0) is 10.6 Å². The number of hydrogen-bond acceptors (Lipinski definition) is 7. The van der Waals surface area contributed by atoms with Crippen LogP contribution in [0, 0.1) is 13.8 Å². The van der Waals surface area contributed by atoms with Crippen molar-refractivity contribution in [3.05, 3.63) is 82.2 Å². The van der Waals surface area contributed by atoms with Crippen molar-refractivity contribution >= 4 is 29.5 Å². The minimum absolute atomic E-state index is 0.214. The minimum atomic E-state index is -0.777. The van der Waals surface area contributed by atoms with Gasteiger partial charge in [-0.2, -0.15) is 0 Å². The topological polar surface area (TPSA) is 89.7 Å². The first-order valence-electron chi connectivity index (χ1n) is 8.81. The van der Waals surface area contributed by atoms with E-state index in [0.29, 0.717) is 15.7 Å². The van der Waals surface area contributed by atoms with E-state index in [4.69, 9.17) is 9.36 Å². The number of fused-ring (bicyclic) bond motifs is 1. The number of nitrogens with zero attached hydrogens (tertiary/aromatic N) is 2. The predicted molar refractivity (Wildman–Crippen MR) is 104 cm³/mol. The Bertz CT molecular complexity index is 1080. The van der Waals surface area contributed by atoms with Gasteiger partial charge in [0.25, 0.3) is 11.8 Å². The van der Waals surface area contributed by atoms with E-state index < -0.39 is 17.8 Å². The summed E-state index contributed by atoms with van der Waals surface area (Å²) < 4.78 is 5.17. The fourth-order valence-corrected chi connectivity index (χ4v) is 4.19. The molecule has 1 aromatic heterocycles. The summed E-state index contributed by atoms with van der Waals surface area (Å²) in [7, 11) is 0. The second kappa shape index (κ2) is 7.56. The lowest BCUT2D eigenvalue weighted by Crippen LogP contribution is -2.32. The molecule has 0 N–H and O–H groups in total. The van der Waals surface area contributed by atoms with Crippen LogP contribution in [0.5, 0.6) is 0 Å². The molecule has 0 unspecified atom stereocenters. The number of imide groups is 1. The molecular formula is C21H16N2O5S. The van der Waals surface area contributed by atoms with Gasteiger partial charge in [-0.25, -0.2) is 4.79 Å². The summed E-state index contributed by atoms with van der Waals surface area (Å²) in [6.45, 7) is 3.69. The van der Waals surface area contributed by atoms with Crippen LogP contribution in [0.1, 0.15) is 48.1 Å². The van der Waals surface area contributed by atoms with Crippen molar-refractivity contribution in [1.29, 1.82) is 0 Å². The summed E-state index contributed by atoms with van der Waals surface area (Å²) in [4.78, 5) is 43.4. The first-order chi connectivity index (χ1) is 14.0. The van der Waals surface area contributed by atoms with Crippen LogP contribution in [0.2, 0.25) is 0 Å². The van der Waals surface area contributed by atoms with Gasteiger partial charge in [0.05, 0.1) is 22.4 Å². The zero-order valence-corrected chi connectivity index (χ0v) is 16.5. The first kappa shape index (κ1) is 18.9. The Morgan fingerprint density at radius 1 is 1.03 bits per heavy atom. The Kier molecular flexibility index (Phi) is 4.94. The number of rotatable bonds is 5. The van der Waals surface area contributed by atoms with E-state index in [9.17, 15) is 14.4 Å². The lowest BCUT2D eigenvalue weighted by atomic mass is 10.1. The van der Waals surface area contributed by atoms with Crippen LogP contribution in [0.25, 0.3) is 0 Å². The number of thioether (sulfide) groups is 1. The Morgan fingerprint density at radius 3 is 2.28 bits per heavy atom. The lowest BCUT2D eigenvalue weighted by Gasteiger charge is -2.14. The molecule has 2 aromatic carbocycles. The fourth-order valence-electron chi connectivity index (χ4n) is 3.00. The highest BCUT2D eigenvalue weighted by molar-refractivity contribution is 7.98. The number of carbonyl (C=O) groups excluding carboxylic acids is 3. The van der Waals surface area contributed by atoms with Gasteiger partial charge in [0, 0.05) is 16.2 Å². The molecule has 8 heteroatoms. The molecule has 7 nitrogen and oxygen atoms in total. The number of carbonyl (C=O) groups is 3. The summed E-state index contributed by atoms with van der Waals surface area (Å²) >= 11 is 1.42. The molecule has 2 amide bonds. The van der Waals surface area contributed by atoms with Gasteiger partial charge in [-0.15, -0.1) is 11.8 Å². The molecule has 1 aliphatic rings. The van der Waals surface area contributed by atoms with Crippen LogP contribution in [0.15, 0.2) is 57.9 Å². The monoisotopic (exact) mass is 408 g/mol. The summed E-state index contributed by atoms with van der Waals surface area (Å²) in [6, 6.07) is 13.2. The van der Waals surface area contributed by atoms with Crippen molar-refractivity contribution < 1.29 is 23.7 Å². The number of aromatic nitrogens is 1. The summed E-state index contributed by atoms with van der Waals surface area (Å²) in [5, 5.41) is 4.45. The summed E-state index contributed by atoms with van der Waals surface area (Å²) in [6.07, 6.45) is 0. The molecule has 0 saturated heterocycles. The molecule has 29 heavy (non-hydrogen) atoms. The van der Waals surface area contributed by atoms with E-state index in [-0.39, 0.29) is 16.7 Å². The minimum Gasteiger partial charge on any atom is -0.361 e. The zero-order valence-electron chi connectivity index (χ0n) is 15.7. The number of hydrogen-bond donors (Lipinski definition) is 0. The number of benzene rings is 2. The maximum Gasteiger partial charge on any atom is 0.365 e. The van der Waals surface area contributed by atoms with Crippen LogP contribution >= 0.6 is 11.8 Å². The Hall–Kier alpha value is -3.39. The summed E-state index contributed by atoms with van der Waals surface area (Å²) in [5.74, 6) is -0.805. The van der Waals surface area contributed by atoms with Gasteiger partial charge in [0.15, 0.2) is 0 Å². The van der Waals surface area contributed by atoms with Crippen LogP contribution in [-0.4, -0.2) is 28.0 Å². The van der Waals surface area contributed by atoms with Crippen molar-refractivity contribution in [3.8, 4) is 0 Å². The highest BCUT2D eigenvalue weighted by atomic mass is 32.2. The van der Waals surface area contributed by atoms with Crippen LogP contribution in [0.3, 0.4) is 0 Å². The molecule has 0 spiro atoms. The maximum atomic E-state index is 12.7. The molecule has 146 valence electrons. The number of aryl methyl sites for hydroxylation is 2. The lowest BCUT2D eigenvalue weighted by molar-refractivity contribution is -0.0586. The molecule has 0 bridgehead atoms. The van der Waals surface area contributed by atoms with Gasteiger partial charge in [-0.05, 0) is 38.1 Å². The largest absolute Gasteiger partial charge is 0.365 e. The molecule has 4 rings (SSSR count). The van der Waals surface area contributed by atoms with E-state index in [2.05, 4.69) is 5.16 Å². The molecule has 0 atom stereocenters. The molecule has 2 heterocycles. The fraction of sp³-hybridized carbons (Fsp3) is 0.143. The van der Waals surface area contributed by atoms with E-state index in [1.54, 1.807) is 36.4 Å². The molecule has 0 saturated carbocycles. The van der Waals surface area contributed by atoms with E-state index in [0.717, 1.165) is 17.0 Å². The van der Waals surface area contributed by atoms with Gasteiger partial charge in [-0.1, -0.05) is 34.5 Å². The maximum absolute atomic E-state index is 12.7.